The van der Waals surface area contributed by atoms with Gasteiger partial charge in [0.15, 0.2) is 5.82 Å². The number of hydrogen-bond acceptors (Lipinski definition) is 4. The highest BCUT2D eigenvalue weighted by Gasteiger charge is 2.28. The van der Waals surface area contributed by atoms with E-state index >= 15 is 0 Å². The third-order valence-electron chi connectivity index (χ3n) is 5.17. The van der Waals surface area contributed by atoms with Gasteiger partial charge >= 0.3 is 0 Å². The van der Waals surface area contributed by atoms with Crippen molar-refractivity contribution in [3.05, 3.63) is 64.7 Å². The van der Waals surface area contributed by atoms with Gasteiger partial charge in [-0.2, -0.15) is 5.10 Å². The second-order valence-corrected chi connectivity index (χ2v) is 7.40. The van der Waals surface area contributed by atoms with E-state index in [4.69, 9.17) is 16.3 Å². The Kier molecular flexibility index (Phi) is 5.49. The number of nitrogens with zero attached hydrogens (tertiary/aromatic N) is 3. The van der Waals surface area contributed by atoms with Crippen molar-refractivity contribution in [1.82, 2.24) is 20.1 Å². The summed E-state index contributed by atoms with van der Waals surface area (Å²) in [7, 11) is 1.53. The summed E-state index contributed by atoms with van der Waals surface area (Å²) < 4.78 is 18.4. The number of hydrogen-bond donors (Lipinski definition) is 1. The van der Waals surface area contributed by atoms with Crippen molar-refractivity contribution in [3.8, 4) is 17.1 Å². The third kappa shape index (κ3) is 4.10. The summed E-state index contributed by atoms with van der Waals surface area (Å²) in [6, 6.07) is 11.1. The van der Waals surface area contributed by atoms with Crippen molar-refractivity contribution in [2.75, 3.05) is 20.2 Å². The second-order valence-electron chi connectivity index (χ2n) is 6.96. The number of H-pyrrole nitrogens is 1. The molecule has 1 aliphatic rings. The van der Waals surface area contributed by atoms with Crippen LogP contribution in [0.15, 0.2) is 42.5 Å². The minimum Gasteiger partial charge on any atom is -0.496 e. The van der Waals surface area contributed by atoms with Gasteiger partial charge in [-0.25, -0.2) is 9.37 Å². The summed E-state index contributed by atoms with van der Waals surface area (Å²) in [5.41, 5.74) is 1.27. The Bertz CT molecular complexity index is 1010. The van der Waals surface area contributed by atoms with E-state index in [-0.39, 0.29) is 17.6 Å². The van der Waals surface area contributed by atoms with Crippen LogP contribution in [-0.2, 0) is 0 Å². The lowest BCUT2D eigenvalue weighted by molar-refractivity contribution is 0.0708. The van der Waals surface area contributed by atoms with Gasteiger partial charge in [-0.1, -0.05) is 11.6 Å². The average Bonchev–Trinajstić information content (AvgIpc) is 3.24. The zero-order chi connectivity index (χ0) is 20.4. The number of methoxy groups -OCH3 is 1. The van der Waals surface area contributed by atoms with Gasteiger partial charge in [0.2, 0.25) is 0 Å². The number of aromatic nitrogens is 3. The first kappa shape index (κ1) is 19.4. The van der Waals surface area contributed by atoms with E-state index in [0.717, 1.165) is 24.2 Å². The number of likely N-dealkylation sites (tertiary alicyclic amines) is 1. The second kappa shape index (κ2) is 8.21. The predicted octanol–water partition coefficient (Wildman–Crippen LogP) is 4.29. The Hall–Kier alpha value is -2.93. The van der Waals surface area contributed by atoms with Crippen LogP contribution in [0.5, 0.6) is 5.75 Å². The van der Waals surface area contributed by atoms with Crippen LogP contribution in [0.2, 0.25) is 5.02 Å². The number of aromatic amines is 1. The lowest BCUT2D eigenvalue weighted by Gasteiger charge is -2.31. The number of halogens is 2. The van der Waals surface area contributed by atoms with Gasteiger partial charge in [0.25, 0.3) is 5.91 Å². The van der Waals surface area contributed by atoms with E-state index in [1.54, 1.807) is 30.3 Å². The molecular weight excluding hydrogens is 395 g/mol. The molecule has 2 aromatic carbocycles. The van der Waals surface area contributed by atoms with Crippen LogP contribution in [-0.4, -0.2) is 46.2 Å². The van der Waals surface area contributed by atoms with E-state index in [0.29, 0.717) is 35.2 Å². The molecule has 29 heavy (non-hydrogen) atoms. The lowest BCUT2D eigenvalue weighted by Crippen LogP contribution is -2.38. The average molecular weight is 415 g/mol. The monoisotopic (exact) mass is 414 g/mol. The zero-order valence-electron chi connectivity index (χ0n) is 15.9. The first-order valence-electron chi connectivity index (χ1n) is 9.36. The maximum absolute atomic E-state index is 13.1. The van der Waals surface area contributed by atoms with Crippen LogP contribution in [0.25, 0.3) is 11.4 Å². The first-order valence-corrected chi connectivity index (χ1v) is 9.74. The van der Waals surface area contributed by atoms with Crippen molar-refractivity contribution < 1.29 is 13.9 Å². The standard InChI is InChI=1S/C21H20ClFN4O2/c1-29-18-12-15(22)4-7-17(18)21(28)27-10-8-14(9-11-27)20-24-19(25-26-20)13-2-5-16(23)6-3-13/h2-7,12,14H,8-11H2,1H3,(H,24,25,26). The minimum atomic E-state index is -0.293. The van der Waals surface area contributed by atoms with Gasteiger partial charge in [-0.3, -0.25) is 9.89 Å². The Balaban J connectivity index is 1.42. The number of carbonyl (C=O) groups excluding carboxylic acids is 1. The highest BCUT2D eigenvalue weighted by atomic mass is 35.5. The van der Waals surface area contributed by atoms with Crippen LogP contribution in [0.3, 0.4) is 0 Å². The molecule has 0 atom stereocenters. The molecule has 8 heteroatoms. The van der Waals surface area contributed by atoms with Gasteiger partial charge in [-0.05, 0) is 55.3 Å². The number of piperidine rings is 1. The molecule has 4 rings (SSSR count). The van der Waals surface area contributed by atoms with Gasteiger partial charge in [0, 0.05) is 29.6 Å². The van der Waals surface area contributed by atoms with E-state index in [9.17, 15) is 9.18 Å². The lowest BCUT2D eigenvalue weighted by atomic mass is 9.95. The van der Waals surface area contributed by atoms with Crippen molar-refractivity contribution in [2.45, 2.75) is 18.8 Å². The molecule has 6 nitrogen and oxygen atoms in total. The molecular formula is C21H20ClFN4O2. The molecule has 3 aromatic rings. The molecule has 1 N–H and O–H groups in total. The summed E-state index contributed by atoms with van der Waals surface area (Å²) >= 11 is 5.99. The molecule has 2 heterocycles. The topological polar surface area (TPSA) is 71.1 Å². The molecule has 0 bridgehead atoms. The van der Waals surface area contributed by atoms with Crippen molar-refractivity contribution in [1.29, 1.82) is 0 Å². The number of amides is 1. The smallest absolute Gasteiger partial charge is 0.257 e. The minimum absolute atomic E-state index is 0.0680. The van der Waals surface area contributed by atoms with E-state index in [2.05, 4.69) is 15.2 Å². The SMILES string of the molecule is COc1cc(Cl)ccc1C(=O)N1CCC(c2nc(-c3ccc(F)cc3)n[nH]2)CC1. The predicted molar refractivity (Wildman–Crippen MR) is 108 cm³/mol. The largest absolute Gasteiger partial charge is 0.496 e. The summed E-state index contributed by atoms with van der Waals surface area (Å²) in [4.78, 5) is 19.3. The first-order chi connectivity index (χ1) is 14.0. The fourth-order valence-corrected chi connectivity index (χ4v) is 3.72. The van der Waals surface area contributed by atoms with Gasteiger partial charge in [0.05, 0.1) is 12.7 Å². The molecule has 1 aromatic heterocycles. The maximum Gasteiger partial charge on any atom is 0.257 e. The molecule has 1 amide bonds. The van der Waals surface area contributed by atoms with E-state index < -0.39 is 0 Å². The fraction of sp³-hybridized carbons (Fsp3) is 0.286. The number of benzene rings is 2. The molecule has 0 saturated carbocycles. The summed E-state index contributed by atoms with van der Waals surface area (Å²) in [6.07, 6.45) is 1.55. The highest BCUT2D eigenvalue weighted by Crippen LogP contribution is 2.30. The molecule has 0 aliphatic carbocycles. The Morgan fingerprint density at radius 2 is 1.93 bits per heavy atom. The Morgan fingerprint density at radius 3 is 2.62 bits per heavy atom. The summed E-state index contributed by atoms with van der Waals surface area (Å²) in [6.45, 7) is 1.23. The van der Waals surface area contributed by atoms with Gasteiger partial charge in [-0.15, -0.1) is 0 Å². The number of carbonyl (C=O) groups is 1. The van der Waals surface area contributed by atoms with E-state index in [1.165, 1.54) is 19.2 Å². The third-order valence-corrected chi connectivity index (χ3v) is 5.40. The van der Waals surface area contributed by atoms with Crippen molar-refractivity contribution >= 4 is 17.5 Å². The molecule has 1 fully saturated rings. The highest BCUT2D eigenvalue weighted by molar-refractivity contribution is 6.30. The Labute approximate surface area is 172 Å². The fourth-order valence-electron chi connectivity index (χ4n) is 3.55. The molecule has 0 unspecified atom stereocenters. The van der Waals surface area contributed by atoms with Crippen molar-refractivity contribution in [2.24, 2.45) is 0 Å². The van der Waals surface area contributed by atoms with E-state index in [1.807, 2.05) is 4.90 Å². The molecule has 0 radical (unpaired) electrons. The van der Waals surface area contributed by atoms with Crippen molar-refractivity contribution in [3.63, 3.8) is 0 Å². The Morgan fingerprint density at radius 1 is 1.21 bits per heavy atom. The molecule has 1 saturated heterocycles. The van der Waals surface area contributed by atoms with Crippen LogP contribution in [0, 0.1) is 5.82 Å². The van der Waals surface area contributed by atoms with Crippen LogP contribution < -0.4 is 4.74 Å². The zero-order valence-corrected chi connectivity index (χ0v) is 16.6. The normalized spacial score (nSPS) is 14.8. The number of rotatable bonds is 4. The molecule has 1 aliphatic heterocycles. The number of ether oxygens (including phenoxy) is 1. The maximum atomic E-state index is 13.1. The number of nitrogens with one attached hydrogen (secondary N) is 1. The van der Waals surface area contributed by atoms with Crippen LogP contribution in [0.1, 0.15) is 34.9 Å². The summed E-state index contributed by atoms with van der Waals surface area (Å²) in [5, 5.41) is 7.78. The molecule has 150 valence electrons. The van der Waals surface area contributed by atoms with Gasteiger partial charge in [0.1, 0.15) is 17.4 Å². The van der Waals surface area contributed by atoms with Crippen LogP contribution >= 0.6 is 11.6 Å². The quantitative estimate of drug-likeness (QED) is 0.691. The summed E-state index contributed by atoms with van der Waals surface area (Å²) in [5.74, 6) is 1.64. The molecule has 0 spiro atoms. The van der Waals surface area contributed by atoms with Gasteiger partial charge < -0.3 is 9.64 Å². The van der Waals surface area contributed by atoms with Crippen LogP contribution in [0.4, 0.5) is 4.39 Å².